The van der Waals surface area contributed by atoms with E-state index in [4.69, 9.17) is 20.8 Å². The summed E-state index contributed by atoms with van der Waals surface area (Å²) in [6, 6.07) is 11.4. The summed E-state index contributed by atoms with van der Waals surface area (Å²) in [5.41, 5.74) is -0.240. The van der Waals surface area contributed by atoms with Gasteiger partial charge in [0.15, 0.2) is 0 Å². The molecule has 0 saturated heterocycles. The van der Waals surface area contributed by atoms with Crippen molar-refractivity contribution in [3.63, 3.8) is 0 Å². The number of benzene rings is 1. The number of rotatable bonds is 2. The molecule has 2 aromatic heterocycles. The van der Waals surface area contributed by atoms with Crippen molar-refractivity contribution in [2.75, 3.05) is 0 Å². The molecule has 0 aliphatic carbocycles. The molecule has 0 bridgehead atoms. The van der Waals surface area contributed by atoms with Crippen LogP contribution < -0.4 is 10.4 Å². The number of hydrogen-bond donors (Lipinski definition) is 0. The lowest BCUT2D eigenvalue weighted by molar-refractivity contribution is 0.0728. The minimum atomic E-state index is -0.768. The van der Waals surface area contributed by atoms with Crippen LogP contribution in [0.3, 0.4) is 0 Å². The van der Waals surface area contributed by atoms with Gasteiger partial charge in [0, 0.05) is 11.6 Å². The number of esters is 1. The van der Waals surface area contributed by atoms with Crippen LogP contribution in [0, 0.1) is 0 Å². The highest BCUT2D eigenvalue weighted by Crippen LogP contribution is 2.19. The van der Waals surface area contributed by atoms with Gasteiger partial charge in [0.05, 0.1) is 5.56 Å². The highest BCUT2D eigenvalue weighted by atomic mass is 35.5. The Kier molecular flexibility index (Phi) is 3.41. The fourth-order valence-electron chi connectivity index (χ4n) is 1.81. The maximum Gasteiger partial charge on any atom is 0.379 e. The first-order valence-corrected chi connectivity index (χ1v) is 6.38. The van der Waals surface area contributed by atoms with Crippen molar-refractivity contribution in [3.05, 3.63) is 69.8 Å². The second-order valence-electron chi connectivity index (χ2n) is 4.17. The van der Waals surface area contributed by atoms with Crippen LogP contribution >= 0.6 is 11.6 Å². The summed E-state index contributed by atoms with van der Waals surface area (Å²) in [5, 5.41) is 0.657. The van der Waals surface area contributed by atoms with Gasteiger partial charge in [-0.1, -0.05) is 29.8 Å². The van der Waals surface area contributed by atoms with Crippen molar-refractivity contribution < 1.29 is 13.9 Å². The summed E-state index contributed by atoms with van der Waals surface area (Å²) in [7, 11) is 0. The van der Waals surface area contributed by atoms with Gasteiger partial charge in [-0.2, -0.15) is 0 Å². The first-order chi connectivity index (χ1) is 10.1. The molecule has 0 atom stereocenters. The summed E-state index contributed by atoms with van der Waals surface area (Å²) in [4.78, 5) is 27.6. The minimum Gasteiger partial charge on any atom is -0.420 e. The van der Waals surface area contributed by atoms with Gasteiger partial charge in [-0.3, -0.25) is 0 Å². The normalized spacial score (nSPS) is 10.5. The van der Waals surface area contributed by atoms with Crippen LogP contribution in [0.5, 0.6) is 5.75 Å². The third-order valence-corrected chi connectivity index (χ3v) is 3.09. The molecule has 0 N–H and O–H groups in total. The molecule has 0 unspecified atom stereocenters. The molecule has 3 aromatic rings. The molecule has 3 rings (SSSR count). The quantitative estimate of drug-likeness (QED) is 0.413. The average molecular weight is 302 g/mol. The summed E-state index contributed by atoms with van der Waals surface area (Å²) in [6.07, 6.45) is 1.45. The fraction of sp³-hybridized carbons (Fsp3) is 0. The van der Waals surface area contributed by atoms with Crippen LogP contribution in [0.25, 0.3) is 11.0 Å². The summed E-state index contributed by atoms with van der Waals surface area (Å²) < 4.78 is 10.1. The third kappa shape index (κ3) is 2.64. The van der Waals surface area contributed by atoms with Crippen molar-refractivity contribution in [2.45, 2.75) is 0 Å². The Morgan fingerprint density at radius 1 is 1.19 bits per heavy atom. The monoisotopic (exact) mass is 301 g/mol. The lowest BCUT2D eigenvalue weighted by atomic mass is 10.2. The molecule has 0 aliphatic heterocycles. The van der Waals surface area contributed by atoms with E-state index in [1.54, 1.807) is 30.3 Å². The number of carbonyl (C=O) groups excluding carboxylic acids is 1. The van der Waals surface area contributed by atoms with E-state index in [0.717, 1.165) is 0 Å². The van der Waals surface area contributed by atoms with Crippen LogP contribution in [0.2, 0.25) is 5.15 Å². The van der Waals surface area contributed by atoms with Crippen LogP contribution in [0.1, 0.15) is 10.4 Å². The molecule has 0 spiro atoms. The Hall–Kier alpha value is -2.66. The van der Waals surface area contributed by atoms with Gasteiger partial charge in [0.1, 0.15) is 10.7 Å². The molecule has 0 fully saturated rings. The van der Waals surface area contributed by atoms with Gasteiger partial charge >= 0.3 is 11.6 Å². The first kappa shape index (κ1) is 13.3. The molecule has 5 nitrogen and oxygen atoms in total. The Morgan fingerprint density at radius 3 is 2.81 bits per heavy atom. The largest absolute Gasteiger partial charge is 0.420 e. The Labute approximate surface area is 123 Å². The maximum absolute atomic E-state index is 12.0. The van der Waals surface area contributed by atoms with Crippen molar-refractivity contribution in [2.24, 2.45) is 0 Å². The highest BCUT2D eigenvalue weighted by molar-refractivity contribution is 6.32. The van der Waals surface area contributed by atoms with Gasteiger partial charge in [0.25, 0.3) is 0 Å². The zero-order valence-corrected chi connectivity index (χ0v) is 11.3. The topological polar surface area (TPSA) is 69.4 Å². The number of pyridine rings is 1. The zero-order valence-electron chi connectivity index (χ0n) is 10.6. The summed E-state index contributed by atoms with van der Waals surface area (Å²) in [5.74, 6) is -0.964. The van der Waals surface area contributed by atoms with E-state index in [2.05, 4.69) is 4.98 Å². The Balaban J connectivity index is 1.98. The standard InChI is InChI=1S/C15H8ClNO4/c16-13-10(5-3-7-17-13)14(18)21-12-8-9-4-1-2-6-11(9)20-15(12)19/h1-8H. The molecular weight excluding hydrogens is 294 g/mol. The molecule has 2 heterocycles. The molecule has 104 valence electrons. The van der Waals surface area contributed by atoms with E-state index >= 15 is 0 Å². The van der Waals surface area contributed by atoms with E-state index in [-0.39, 0.29) is 16.5 Å². The van der Waals surface area contributed by atoms with Crippen LogP contribution in [0.15, 0.2) is 57.9 Å². The maximum atomic E-state index is 12.0. The van der Waals surface area contributed by atoms with E-state index in [9.17, 15) is 9.59 Å². The fourth-order valence-corrected chi connectivity index (χ4v) is 2.00. The Bertz CT molecular complexity index is 888. The lowest BCUT2D eigenvalue weighted by Crippen LogP contribution is -2.15. The predicted molar refractivity (Wildman–Crippen MR) is 76.7 cm³/mol. The lowest BCUT2D eigenvalue weighted by Gasteiger charge is -2.04. The highest BCUT2D eigenvalue weighted by Gasteiger charge is 2.16. The number of nitrogens with zero attached hydrogens (tertiary/aromatic N) is 1. The number of carbonyl (C=O) groups is 1. The summed E-state index contributed by atoms with van der Waals surface area (Å²) >= 11 is 5.81. The summed E-state index contributed by atoms with van der Waals surface area (Å²) in [6.45, 7) is 0. The number of para-hydroxylation sites is 1. The van der Waals surface area contributed by atoms with Crippen LogP contribution in [-0.2, 0) is 0 Å². The molecule has 0 amide bonds. The molecule has 0 radical (unpaired) electrons. The number of fused-ring (bicyclic) bond motifs is 1. The first-order valence-electron chi connectivity index (χ1n) is 6.01. The second-order valence-corrected chi connectivity index (χ2v) is 4.53. The van der Waals surface area contributed by atoms with Gasteiger partial charge < -0.3 is 9.15 Å². The zero-order chi connectivity index (χ0) is 14.8. The van der Waals surface area contributed by atoms with Gasteiger partial charge in [-0.15, -0.1) is 0 Å². The predicted octanol–water partition coefficient (Wildman–Crippen LogP) is 3.06. The van der Waals surface area contributed by atoms with Gasteiger partial charge in [-0.05, 0) is 24.3 Å². The van der Waals surface area contributed by atoms with Crippen LogP contribution in [-0.4, -0.2) is 11.0 Å². The smallest absolute Gasteiger partial charge is 0.379 e. The number of halogens is 1. The molecule has 0 saturated carbocycles. The number of aromatic nitrogens is 1. The second kappa shape index (κ2) is 5.38. The van der Waals surface area contributed by atoms with Crippen LogP contribution in [0.4, 0.5) is 0 Å². The number of ether oxygens (including phenoxy) is 1. The van der Waals surface area contributed by atoms with Crippen molar-refractivity contribution in [3.8, 4) is 5.75 Å². The van der Waals surface area contributed by atoms with Crippen molar-refractivity contribution in [1.82, 2.24) is 4.98 Å². The van der Waals surface area contributed by atoms with Crippen molar-refractivity contribution >= 4 is 28.5 Å². The molecular formula is C15H8ClNO4. The van der Waals surface area contributed by atoms with E-state index < -0.39 is 11.6 Å². The van der Waals surface area contributed by atoms with Gasteiger partial charge in [0.2, 0.25) is 5.75 Å². The molecule has 0 aliphatic rings. The average Bonchev–Trinajstić information content (AvgIpc) is 2.48. The molecule has 1 aromatic carbocycles. The SMILES string of the molecule is O=C(Oc1cc2ccccc2oc1=O)c1cccnc1Cl. The van der Waals surface area contributed by atoms with E-state index in [1.165, 1.54) is 18.3 Å². The third-order valence-electron chi connectivity index (χ3n) is 2.79. The number of hydrogen-bond acceptors (Lipinski definition) is 5. The molecule has 21 heavy (non-hydrogen) atoms. The minimum absolute atomic E-state index is 0.00711. The van der Waals surface area contributed by atoms with E-state index in [1.807, 2.05) is 0 Å². The molecule has 6 heteroatoms. The van der Waals surface area contributed by atoms with Crippen molar-refractivity contribution in [1.29, 1.82) is 0 Å². The van der Waals surface area contributed by atoms with E-state index in [0.29, 0.717) is 11.0 Å². The Morgan fingerprint density at radius 2 is 2.00 bits per heavy atom. The van der Waals surface area contributed by atoms with Gasteiger partial charge in [-0.25, -0.2) is 14.6 Å².